The number of hydrogen-bond acceptors (Lipinski definition) is 3. The summed E-state index contributed by atoms with van der Waals surface area (Å²) >= 11 is 1.86. The van der Waals surface area contributed by atoms with Crippen LogP contribution in [0.25, 0.3) is 109 Å². The summed E-state index contributed by atoms with van der Waals surface area (Å²) in [6.07, 6.45) is 0. The molecule has 0 atom stereocenters. The van der Waals surface area contributed by atoms with E-state index in [-0.39, 0.29) is 0 Å². The van der Waals surface area contributed by atoms with E-state index in [1.807, 2.05) is 23.5 Å². The first kappa shape index (κ1) is 38.9. The van der Waals surface area contributed by atoms with Crippen molar-refractivity contribution in [3.63, 3.8) is 0 Å². The Balaban J connectivity index is 0.816. The number of para-hydroxylation sites is 1. The third-order valence-corrected chi connectivity index (χ3v) is 14.4. The van der Waals surface area contributed by atoms with Gasteiger partial charge in [0.05, 0.1) is 0 Å². The Morgan fingerprint density at radius 3 is 1.39 bits per heavy atom. The van der Waals surface area contributed by atoms with Crippen LogP contribution >= 0.6 is 11.3 Å². The summed E-state index contributed by atoms with van der Waals surface area (Å²) in [5, 5.41) is 7.41. The van der Waals surface area contributed by atoms with E-state index in [4.69, 9.17) is 4.42 Å². The van der Waals surface area contributed by atoms with Crippen molar-refractivity contribution < 1.29 is 4.42 Å². The number of hydrogen-bond donors (Lipinski definition) is 0. The Morgan fingerprint density at radius 1 is 0.254 bits per heavy atom. The highest BCUT2D eigenvalue weighted by Gasteiger charge is 2.16. The standard InChI is InChI=1S/C64H41NOS/c1-2-9-48-39-51(21-20-42(48)8-1)50-11-7-10-49(38-50)45-18-16-43(17-19-45)44-22-30-54(31-23-44)65(55-32-24-46(25-33-55)52-29-37-64-60(40-52)59-13-4-6-15-63(59)67-64)56-34-26-47(27-35-56)53-28-36-58-57-12-3-5-14-61(57)66-62(58)41-53/h1-41H. The molecule has 0 radical (unpaired) electrons. The lowest BCUT2D eigenvalue weighted by Gasteiger charge is -2.26. The molecule has 314 valence electrons. The molecule has 13 aromatic rings. The van der Waals surface area contributed by atoms with Gasteiger partial charge in [0.25, 0.3) is 0 Å². The highest BCUT2D eigenvalue weighted by atomic mass is 32.1. The number of anilines is 3. The van der Waals surface area contributed by atoms with E-state index >= 15 is 0 Å². The fourth-order valence-corrected chi connectivity index (χ4v) is 10.9. The topological polar surface area (TPSA) is 16.4 Å². The van der Waals surface area contributed by atoms with Gasteiger partial charge in [-0.15, -0.1) is 11.3 Å². The molecule has 13 rings (SSSR count). The zero-order valence-electron chi connectivity index (χ0n) is 36.4. The van der Waals surface area contributed by atoms with E-state index in [2.05, 4.69) is 241 Å². The zero-order valence-corrected chi connectivity index (χ0v) is 37.3. The second-order valence-corrected chi connectivity index (χ2v) is 18.4. The van der Waals surface area contributed by atoms with Crippen LogP contribution in [0.5, 0.6) is 0 Å². The van der Waals surface area contributed by atoms with Gasteiger partial charge in [0.1, 0.15) is 11.2 Å². The lowest BCUT2D eigenvalue weighted by molar-refractivity contribution is 0.669. The number of benzene rings is 11. The summed E-state index contributed by atoms with van der Waals surface area (Å²) in [5.41, 5.74) is 16.9. The molecular weight excluding hydrogens is 831 g/mol. The molecule has 0 amide bonds. The molecule has 0 aliphatic rings. The Morgan fingerprint density at radius 2 is 0.701 bits per heavy atom. The van der Waals surface area contributed by atoms with Gasteiger partial charge in [-0.25, -0.2) is 0 Å². The maximum Gasteiger partial charge on any atom is 0.136 e. The average Bonchev–Trinajstić information content (AvgIpc) is 3.97. The van der Waals surface area contributed by atoms with Crippen LogP contribution in [0.3, 0.4) is 0 Å². The quantitative estimate of drug-likeness (QED) is 0.151. The van der Waals surface area contributed by atoms with Gasteiger partial charge < -0.3 is 9.32 Å². The molecule has 0 aliphatic heterocycles. The first-order chi connectivity index (χ1) is 33.1. The Bertz CT molecular complexity index is 3950. The van der Waals surface area contributed by atoms with E-state index in [9.17, 15) is 0 Å². The normalized spacial score (nSPS) is 11.6. The maximum absolute atomic E-state index is 6.26. The third-order valence-electron chi connectivity index (χ3n) is 13.3. The molecule has 0 fully saturated rings. The molecule has 2 nitrogen and oxygen atoms in total. The van der Waals surface area contributed by atoms with Gasteiger partial charge in [-0.2, -0.15) is 0 Å². The summed E-state index contributed by atoms with van der Waals surface area (Å²) in [4.78, 5) is 2.35. The van der Waals surface area contributed by atoms with Gasteiger partial charge in [-0.05, 0) is 151 Å². The van der Waals surface area contributed by atoms with Crippen LogP contribution in [0, 0.1) is 0 Å². The summed E-state index contributed by atoms with van der Waals surface area (Å²) in [6, 6.07) is 90.2. The number of nitrogens with zero attached hydrogens (tertiary/aromatic N) is 1. The van der Waals surface area contributed by atoms with Crippen molar-refractivity contribution in [2.24, 2.45) is 0 Å². The highest BCUT2D eigenvalue weighted by Crippen LogP contribution is 2.41. The van der Waals surface area contributed by atoms with Crippen LogP contribution < -0.4 is 4.90 Å². The molecule has 2 heterocycles. The van der Waals surface area contributed by atoms with Gasteiger partial charge in [0.2, 0.25) is 0 Å². The molecule has 0 spiro atoms. The van der Waals surface area contributed by atoms with Crippen molar-refractivity contribution >= 4 is 81.3 Å². The molecule has 0 saturated heterocycles. The minimum atomic E-state index is 0.900. The molecule has 67 heavy (non-hydrogen) atoms. The second kappa shape index (κ2) is 16.2. The third kappa shape index (κ3) is 7.14. The smallest absolute Gasteiger partial charge is 0.136 e. The monoisotopic (exact) mass is 871 g/mol. The minimum absolute atomic E-state index is 0.900. The van der Waals surface area contributed by atoms with Crippen molar-refractivity contribution in [2.45, 2.75) is 0 Å². The summed E-state index contributed by atoms with van der Waals surface area (Å²) in [6.45, 7) is 0. The van der Waals surface area contributed by atoms with E-state index in [1.165, 1.54) is 75.5 Å². The van der Waals surface area contributed by atoms with Gasteiger partial charge in [-0.3, -0.25) is 0 Å². The van der Waals surface area contributed by atoms with Gasteiger partial charge >= 0.3 is 0 Å². The van der Waals surface area contributed by atoms with Gasteiger partial charge in [0.15, 0.2) is 0 Å². The van der Waals surface area contributed by atoms with Crippen molar-refractivity contribution in [2.75, 3.05) is 4.90 Å². The average molecular weight is 872 g/mol. The first-order valence-corrected chi connectivity index (χ1v) is 23.6. The van der Waals surface area contributed by atoms with Crippen molar-refractivity contribution in [1.82, 2.24) is 0 Å². The van der Waals surface area contributed by atoms with Crippen LogP contribution in [0.1, 0.15) is 0 Å². The number of rotatable bonds is 8. The van der Waals surface area contributed by atoms with Crippen LogP contribution in [-0.2, 0) is 0 Å². The zero-order chi connectivity index (χ0) is 44.3. The van der Waals surface area contributed by atoms with Crippen LogP contribution in [-0.4, -0.2) is 0 Å². The van der Waals surface area contributed by atoms with E-state index in [0.717, 1.165) is 50.1 Å². The number of furan rings is 1. The Labute approximate surface area is 392 Å². The molecule has 0 saturated carbocycles. The fraction of sp³-hybridized carbons (Fsp3) is 0. The molecule has 0 N–H and O–H groups in total. The van der Waals surface area contributed by atoms with Crippen LogP contribution in [0.2, 0.25) is 0 Å². The SMILES string of the molecule is c1cc(-c2ccc(-c3ccc(N(c4ccc(-c5ccc6c(c5)oc5ccccc56)cc4)c4ccc(-c5ccc6sc7ccccc7c6c5)cc4)cc3)cc2)cc(-c2ccc3ccccc3c2)c1. The van der Waals surface area contributed by atoms with Crippen molar-refractivity contribution in [1.29, 1.82) is 0 Å². The second-order valence-electron chi connectivity index (χ2n) is 17.3. The molecular formula is C64H41NOS. The summed E-state index contributed by atoms with van der Waals surface area (Å²) in [7, 11) is 0. The lowest BCUT2D eigenvalue weighted by atomic mass is 9.96. The Hall–Kier alpha value is -8.50. The number of thiophene rings is 1. The molecule has 0 bridgehead atoms. The largest absolute Gasteiger partial charge is 0.456 e. The Kier molecular flexibility index (Phi) is 9.40. The van der Waals surface area contributed by atoms with E-state index in [0.29, 0.717) is 0 Å². The van der Waals surface area contributed by atoms with E-state index < -0.39 is 0 Å². The highest BCUT2D eigenvalue weighted by molar-refractivity contribution is 7.25. The molecule has 0 unspecified atom stereocenters. The first-order valence-electron chi connectivity index (χ1n) is 22.8. The molecule has 2 aromatic heterocycles. The summed E-state index contributed by atoms with van der Waals surface area (Å²) in [5.74, 6) is 0. The minimum Gasteiger partial charge on any atom is -0.456 e. The maximum atomic E-state index is 6.26. The predicted octanol–water partition coefficient (Wildman–Crippen LogP) is 18.9. The lowest BCUT2D eigenvalue weighted by Crippen LogP contribution is -2.09. The van der Waals surface area contributed by atoms with E-state index in [1.54, 1.807) is 0 Å². The fourth-order valence-electron chi connectivity index (χ4n) is 9.77. The van der Waals surface area contributed by atoms with Crippen LogP contribution in [0.15, 0.2) is 253 Å². The van der Waals surface area contributed by atoms with Gasteiger partial charge in [0, 0.05) is 48.0 Å². The predicted molar refractivity (Wildman–Crippen MR) is 286 cm³/mol. The van der Waals surface area contributed by atoms with Crippen molar-refractivity contribution in [3.05, 3.63) is 249 Å². The molecule has 0 aliphatic carbocycles. The van der Waals surface area contributed by atoms with Gasteiger partial charge in [-0.1, -0.05) is 164 Å². The van der Waals surface area contributed by atoms with Crippen LogP contribution in [0.4, 0.5) is 17.1 Å². The summed E-state index contributed by atoms with van der Waals surface area (Å²) < 4.78 is 8.90. The van der Waals surface area contributed by atoms with Crippen molar-refractivity contribution in [3.8, 4) is 55.6 Å². The number of fused-ring (bicyclic) bond motifs is 7. The molecule has 11 aromatic carbocycles. The molecule has 3 heteroatoms.